The van der Waals surface area contributed by atoms with Crippen LogP contribution in [0.25, 0.3) is 0 Å². The highest BCUT2D eigenvalue weighted by Gasteiger charge is 2.27. The lowest BCUT2D eigenvalue weighted by Gasteiger charge is -2.32. The van der Waals surface area contributed by atoms with Gasteiger partial charge in [0.05, 0.1) is 11.6 Å². The lowest BCUT2D eigenvalue weighted by molar-refractivity contribution is 0.0605. The zero-order valence-corrected chi connectivity index (χ0v) is 20.7. The first-order valence-electron chi connectivity index (χ1n) is 12.4. The Hall–Kier alpha value is -3.60. The summed E-state index contributed by atoms with van der Waals surface area (Å²) in [6.45, 7) is 3.65. The van der Waals surface area contributed by atoms with Gasteiger partial charge in [-0.2, -0.15) is 0 Å². The fourth-order valence-electron chi connectivity index (χ4n) is 4.53. The Labute approximate surface area is 208 Å². The minimum atomic E-state index is -0.173. The van der Waals surface area contributed by atoms with Gasteiger partial charge in [-0.1, -0.05) is 60.2 Å². The molecule has 0 fully saturated rings. The number of aryl methyl sites for hydroxylation is 1. The number of nitrogens with zero attached hydrogens (tertiary/aromatic N) is 2. The second-order valence-corrected chi connectivity index (χ2v) is 9.30. The van der Waals surface area contributed by atoms with Crippen LogP contribution in [0.15, 0.2) is 78.9 Å². The van der Waals surface area contributed by atoms with Crippen molar-refractivity contribution in [3.63, 3.8) is 0 Å². The normalized spacial score (nSPS) is 17.4. The number of amides is 2. The minimum Gasteiger partial charge on any atom is -0.491 e. The molecule has 0 N–H and O–H groups in total. The van der Waals surface area contributed by atoms with Gasteiger partial charge >= 0.3 is 0 Å². The van der Waals surface area contributed by atoms with Crippen LogP contribution >= 0.6 is 0 Å². The Bertz CT molecular complexity index is 1130. The molecule has 1 aliphatic rings. The monoisotopic (exact) mass is 470 g/mol. The largest absolute Gasteiger partial charge is 0.491 e. The third-order valence-electron chi connectivity index (χ3n) is 6.60. The van der Waals surface area contributed by atoms with E-state index in [2.05, 4.69) is 12.1 Å². The number of carbonyl (C=O) groups excluding carboxylic acids is 2. The molecule has 3 aromatic carbocycles. The molecule has 0 aliphatic carbocycles. The molecule has 182 valence electrons. The van der Waals surface area contributed by atoms with Gasteiger partial charge in [-0.05, 0) is 62.4 Å². The smallest absolute Gasteiger partial charge is 0.257 e. The van der Waals surface area contributed by atoms with Crippen LogP contribution in [0, 0.1) is 6.92 Å². The summed E-state index contributed by atoms with van der Waals surface area (Å²) in [7, 11) is 1.84. The van der Waals surface area contributed by atoms with Gasteiger partial charge in [-0.3, -0.25) is 9.59 Å². The van der Waals surface area contributed by atoms with Crippen molar-refractivity contribution in [1.29, 1.82) is 0 Å². The van der Waals surface area contributed by atoms with E-state index >= 15 is 0 Å². The Balaban J connectivity index is 1.68. The van der Waals surface area contributed by atoms with Gasteiger partial charge in [-0.25, -0.2) is 0 Å². The van der Waals surface area contributed by atoms with Gasteiger partial charge in [0.25, 0.3) is 11.8 Å². The molecule has 35 heavy (non-hydrogen) atoms. The van der Waals surface area contributed by atoms with Gasteiger partial charge < -0.3 is 14.5 Å². The summed E-state index contributed by atoms with van der Waals surface area (Å²) in [4.78, 5) is 30.6. The molecule has 1 aliphatic heterocycles. The number of para-hydroxylation sites is 1. The molecule has 0 bridgehead atoms. The molecule has 5 nitrogen and oxygen atoms in total. The van der Waals surface area contributed by atoms with Gasteiger partial charge in [0.1, 0.15) is 12.4 Å². The zero-order valence-electron chi connectivity index (χ0n) is 20.7. The van der Waals surface area contributed by atoms with Gasteiger partial charge in [0, 0.05) is 25.7 Å². The van der Waals surface area contributed by atoms with E-state index in [1.807, 2.05) is 85.6 Å². The van der Waals surface area contributed by atoms with E-state index in [-0.39, 0.29) is 17.9 Å². The molecule has 0 unspecified atom stereocenters. The van der Waals surface area contributed by atoms with E-state index in [0.29, 0.717) is 43.0 Å². The van der Waals surface area contributed by atoms with Crippen LogP contribution in [0.4, 0.5) is 0 Å². The lowest BCUT2D eigenvalue weighted by Crippen LogP contribution is -2.45. The zero-order chi connectivity index (χ0) is 24.6. The van der Waals surface area contributed by atoms with Crippen LogP contribution in [-0.2, 0) is 6.42 Å². The molecule has 4 rings (SSSR count). The molecule has 0 saturated heterocycles. The van der Waals surface area contributed by atoms with Crippen LogP contribution in [0.5, 0.6) is 5.75 Å². The third-order valence-corrected chi connectivity index (χ3v) is 6.60. The van der Waals surface area contributed by atoms with Crippen LogP contribution < -0.4 is 4.74 Å². The van der Waals surface area contributed by atoms with Crippen molar-refractivity contribution in [1.82, 2.24) is 9.80 Å². The summed E-state index contributed by atoms with van der Waals surface area (Å²) in [6, 6.07) is 25.2. The number of hydrogen-bond acceptors (Lipinski definition) is 3. The summed E-state index contributed by atoms with van der Waals surface area (Å²) in [5.41, 5.74) is 3.52. The number of hydrogen-bond donors (Lipinski definition) is 0. The van der Waals surface area contributed by atoms with E-state index in [1.165, 1.54) is 0 Å². The van der Waals surface area contributed by atoms with E-state index in [4.69, 9.17) is 4.74 Å². The van der Waals surface area contributed by atoms with Crippen LogP contribution in [0.3, 0.4) is 0 Å². The molecule has 5 heteroatoms. The van der Waals surface area contributed by atoms with Crippen molar-refractivity contribution in [2.75, 3.05) is 26.7 Å². The third kappa shape index (κ3) is 6.30. The fourth-order valence-corrected chi connectivity index (χ4v) is 4.53. The molecule has 0 aromatic heterocycles. The summed E-state index contributed by atoms with van der Waals surface area (Å²) in [5.74, 6) is 0.544. The summed E-state index contributed by atoms with van der Waals surface area (Å²) in [5, 5.41) is 0. The molecule has 1 atom stereocenters. The Morgan fingerprint density at radius 1 is 0.886 bits per heavy atom. The minimum absolute atomic E-state index is 0.0193. The van der Waals surface area contributed by atoms with Crippen molar-refractivity contribution >= 4 is 11.8 Å². The van der Waals surface area contributed by atoms with E-state index in [0.717, 1.165) is 30.4 Å². The van der Waals surface area contributed by atoms with Gasteiger partial charge in [-0.15, -0.1) is 0 Å². The Morgan fingerprint density at radius 3 is 2.34 bits per heavy atom. The summed E-state index contributed by atoms with van der Waals surface area (Å²) in [6.07, 6.45) is 3.38. The Kier molecular flexibility index (Phi) is 8.19. The van der Waals surface area contributed by atoms with E-state index in [9.17, 15) is 9.59 Å². The SMILES string of the molecule is Cc1ccc(C(=O)N2CCCCCN(C)C(=O)c3ccccc3OC[C@H]2Cc2ccccc2)cc1. The molecule has 2 amide bonds. The molecule has 0 radical (unpaired) electrons. The topological polar surface area (TPSA) is 49.9 Å². The number of carbonyl (C=O) groups is 2. The maximum Gasteiger partial charge on any atom is 0.257 e. The average Bonchev–Trinajstić information content (AvgIpc) is 2.89. The molecular weight excluding hydrogens is 436 g/mol. The lowest BCUT2D eigenvalue weighted by atomic mass is 10.0. The average molecular weight is 471 g/mol. The first-order chi connectivity index (χ1) is 17.0. The number of benzene rings is 3. The predicted octanol–water partition coefficient (Wildman–Crippen LogP) is 5.38. The highest BCUT2D eigenvalue weighted by Crippen LogP contribution is 2.23. The highest BCUT2D eigenvalue weighted by atomic mass is 16.5. The van der Waals surface area contributed by atoms with Gasteiger partial charge in [0.15, 0.2) is 0 Å². The van der Waals surface area contributed by atoms with Gasteiger partial charge in [0.2, 0.25) is 0 Å². The molecular formula is C30H34N2O3. The molecule has 0 spiro atoms. The quantitative estimate of drug-likeness (QED) is 0.516. The highest BCUT2D eigenvalue weighted by molar-refractivity contribution is 5.97. The van der Waals surface area contributed by atoms with Crippen molar-refractivity contribution < 1.29 is 14.3 Å². The standard InChI is InChI=1S/C30H34N2O3/c1-23-15-17-25(18-16-23)29(33)32-20-10-4-9-19-31(2)30(34)27-13-7-8-14-28(27)35-22-26(32)21-24-11-5-3-6-12-24/h3,5-8,11-18,26H,4,9-10,19-22H2,1-2H3/t26-/m1/s1. The Morgan fingerprint density at radius 2 is 1.57 bits per heavy atom. The second kappa shape index (κ2) is 11.7. The van der Waals surface area contributed by atoms with Crippen molar-refractivity contribution in [3.8, 4) is 5.75 Å². The van der Waals surface area contributed by atoms with Crippen molar-refractivity contribution in [2.24, 2.45) is 0 Å². The first-order valence-corrected chi connectivity index (χ1v) is 12.4. The second-order valence-electron chi connectivity index (χ2n) is 9.30. The van der Waals surface area contributed by atoms with Crippen LogP contribution in [0.1, 0.15) is 51.1 Å². The maximum absolute atomic E-state index is 13.8. The first kappa shape index (κ1) is 24.5. The van der Waals surface area contributed by atoms with Crippen LogP contribution in [-0.4, -0.2) is 54.4 Å². The maximum atomic E-state index is 13.8. The molecule has 1 heterocycles. The summed E-state index contributed by atoms with van der Waals surface area (Å²) >= 11 is 0. The predicted molar refractivity (Wildman–Crippen MR) is 139 cm³/mol. The van der Waals surface area contributed by atoms with E-state index < -0.39 is 0 Å². The van der Waals surface area contributed by atoms with Crippen molar-refractivity contribution in [3.05, 3.63) is 101 Å². The van der Waals surface area contributed by atoms with Crippen LogP contribution in [0.2, 0.25) is 0 Å². The fraction of sp³-hybridized carbons (Fsp3) is 0.333. The number of ether oxygens (including phenoxy) is 1. The van der Waals surface area contributed by atoms with Crippen molar-refractivity contribution in [2.45, 2.75) is 38.6 Å². The number of fused-ring (bicyclic) bond motifs is 1. The molecule has 0 saturated carbocycles. The summed E-state index contributed by atoms with van der Waals surface area (Å²) < 4.78 is 6.30. The molecule has 3 aromatic rings. The number of rotatable bonds is 3. The van der Waals surface area contributed by atoms with E-state index in [1.54, 1.807) is 4.90 Å².